The minimum absolute atomic E-state index is 0. The molecule has 5 N–H and O–H groups in total. The van der Waals surface area contributed by atoms with Crippen molar-refractivity contribution >= 4 is 11.9 Å². The Morgan fingerprint density at radius 3 is 1.08 bits per heavy atom. The molecular weight excluding hydrogens is 356 g/mol. The van der Waals surface area contributed by atoms with Crippen LogP contribution in [0.5, 0.6) is 0 Å². The van der Waals surface area contributed by atoms with E-state index in [4.69, 9.17) is 10.2 Å². The Morgan fingerprint density at radius 1 is 0.708 bits per heavy atom. The first-order valence-corrected chi connectivity index (χ1v) is 7.89. The molecule has 0 saturated carbocycles. The molecule has 0 aromatic rings. The SMILES string of the molecule is CCCCC(CC)C(=O)O.CCCCC(CC)C(=O)O.[Cr+3].[OH-].[OH-].[OH-]. The quantitative estimate of drug-likeness (QED) is 0.567. The first-order chi connectivity index (χ1) is 9.44. The molecule has 0 heterocycles. The van der Waals surface area contributed by atoms with Gasteiger partial charge in [-0.15, -0.1) is 0 Å². The minimum atomic E-state index is -0.643. The summed E-state index contributed by atoms with van der Waals surface area (Å²) in [4.78, 5) is 20.9. The third kappa shape index (κ3) is 23.6. The molecule has 0 spiro atoms. The number of carboxylic acids is 2. The van der Waals surface area contributed by atoms with E-state index in [-0.39, 0.29) is 45.6 Å². The maximum absolute atomic E-state index is 10.4. The van der Waals surface area contributed by atoms with Crippen LogP contribution in [0.25, 0.3) is 0 Å². The number of hydrogen-bond donors (Lipinski definition) is 2. The zero-order chi connectivity index (χ0) is 16.0. The van der Waals surface area contributed by atoms with Crippen LogP contribution < -0.4 is 0 Å². The summed E-state index contributed by atoms with van der Waals surface area (Å²) in [6, 6.07) is 0. The molecule has 2 atom stereocenters. The molecule has 2 unspecified atom stereocenters. The number of carboxylic acid groups (broad SMARTS) is 2. The topological polar surface area (TPSA) is 165 Å². The van der Waals surface area contributed by atoms with Gasteiger partial charge >= 0.3 is 29.3 Å². The van der Waals surface area contributed by atoms with Crippen LogP contribution in [0.1, 0.15) is 79.1 Å². The zero-order valence-electron chi connectivity index (χ0n) is 15.3. The predicted molar refractivity (Wildman–Crippen MR) is 87.7 cm³/mol. The van der Waals surface area contributed by atoms with Crippen molar-refractivity contribution in [3.8, 4) is 0 Å². The Morgan fingerprint density at radius 2 is 0.958 bits per heavy atom. The summed E-state index contributed by atoms with van der Waals surface area (Å²) in [5, 5.41) is 17.2. The minimum Gasteiger partial charge on any atom is -0.870 e. The van der Waals surface area contributed by atoms with Crippen LogP contribution in [0.15, 0.2) is 0 Å². The number of carbonyl (C=O) groups is 2. The standard InChI is InChI=1S/2C8H16O2.Cr.3H2O/c2*1-3-5-6-7(4-2)8(9)10;;;;/h2*7H,3-6H2,1-2H3,(H,9,10);;3*1H2/q;;+3;;;/p-3. The van der Waals surface area contributed by atoms with Gasteiger partial charge in [0.05, 0.1) is 11.8 Å². The second-order valence-electron chi connectivity index (χ2n) is 5.17. The van der Waals surface area contributed by atoms with E-state index in [0.29, 0.717) is 0 Å². The van der Waals surface area contributed by atoms with Crippen molar-refractivity contribution in [2.24, 2.45) is 11.8 Å². The van der Waals surface area contributed by atoms with Crippen LogP contribution in [0.3, 0.4) is 0 Å². The van der Waals surface area contributed by atoms with Crippen LogP contribution in [-0.2, 0) is 27.0 Å². The van der Waals surface area contributed by atoms with Crippen molar-refractivity contribution in [3.05, 3.63) is 0 Å². The van der Waals surface area contributed by atoms with Gasteiger partial charge in [-0.1, -0.05) is 53.4 Å². The number of aliphatic carboxylic acids is 2. The number of unbranched alkanes of at least 4 members (excludes halogenated alkanes) is 2. The largest absolute Gasteiger partial charge is 3.00 e. The molecule has 0 aromatic heterocycles. The molecule has 0 aliphatic heterocycles. The molecule has 8 heteroatoms. The van der Waals surface area contributed by atoms with Gasteiger partial charge in [0.1, 0.15) is 0 Å². The fraction of sp³-hybridized carbons (Fsp3) is 0.875. The maximum atomic E-state index is 10.4. The molecule has 0 aromatic carbocycles. The van der Waals surface area contributed by atoms with Crippen LogP contribution in [-0.4, -0.2) is 38.6 Å². The first-order valence-electron chi connectivity index (χ1n) is 7.89. The monoisotopic (exact) mass is 391 g/mol. The van der Waals surface area contributed by atoms with Gasteiger partial charge in [-0.05, 0) is 25.7 Å². The molecule has 0 saturated heterocycles. The molecule has 0 rings (SSSR count). The summed E-state index contributed by atoms with van der Waals surface area (Å²) in [6.07, 6.45) is 7.43. The Balaban J connectivity index is -0.0000000579. The maximum Gasteiger partial charge on any atom is 3.00 e. The molecule has 1 radical (unpaired) electrons. The Hall–Kier alpha value is -0.648. The zero-order valence-corrected chi connectivity index (χ0v) is 16.5. The van der Waals surface area contributed by atoms with Crippen molar-refractivity contribution in [3.63, 3.8) is 0 Å². The summed E-state index contributed by atoms with van der Waals surface area (Å²) in [5.74, 6) is -1.51. The molecule has 24 heavy (non-hydrogen) atoms. The normalized spacial score (nSPS) is 10.8. The molecule has 0 bridgehead atoms. The second kappa shape index (κ2) is 27.2. The van der Waals surface area contributed by atoms with Gasteiger partial charge in [-0.25, -0.2) is 0 Å². The third-order valence-corrected chi connectivity index (χ3v) is 3.50. The molecule has 7 nitrogen and oxygen atoms in total. The van der Waals surface area contributed by atoms with Gasteiger partial charge in [-0.3, -0.25) is 9.59 Å². The van der Waals surface area contributed by atoms with E-state index in [2.05, 4.69) is 13.8 Å². The van der Waals surface area contributed by atoms with Gasteiger partial charge in [0.15, 0.2) is 0 Å². The molecule has 0 fully saturated rings. The van der Waals surface area contributed by atoms with Crippen molar-refractivity contribution < 1.29 is 53.6 Å². The molecule has 0 aliphatic carbocycles. The first kappa shape index (κ1) is 38.7. The summed E-state index contributed by atoms with van der Waals surface area (Å²) in [6.45, 7) is 8.01. The third-order valence-electron chi connectivity index (χ3n) is 3.50. The fourth-order valence-electron chi connectivity index (χ4n) is 1.91. The van der Waals surface area contributed by atoms with Gasteiger partial charge in [0.2, 0.25) is 0 Å². The van der Waals surface area contributed by atoms with Crippen LogP contribution in [0.4, 0.5) is 0 Å². The Kier molecular flexibility index (Phi) is 43.9. The van der Waals surface area contributed by atoms with E-state index in [1.807, 2.05) is 13.8 Å². The van der Waals surface area contributed by atoms with Gasteiger partial charge in [-0.2, -0.15) is 0 Å². The van der Waals surface area contributed by atoms with E-state index >= 15 is 0 Å². The number of hydrogen-bond acceptors (Lipinski definition) is 5. The smallest absolute Gasteiger partial charge is 0.870 e. The van der Waals surface area contributed by atoms with Gasteiger partial charge < -0.3 is 26.6 Å². The Labute approximate surface area is 156 Å². The Bertz CT molecular complexity index is 237. The van der Waals surface area contributed by atoms with E-state index in [9.17, 15) is 9.59 Å². The van der Waals surface area contributed by atoms with Gasteiger partial charge in [0, 0.05) is 0 Å². The fourth-order valence-corrected chi connectivity index (χ4v) is 1.91. The average Bonchev–Trinajstić information content (AvgIpc) is 2.40. The van der Waals surface area contributed by atoms with E-state index in [1.54, 1.807) is 0 Å². The predicted octanol–water partition coefficient (Wildman–Crippen LogP) is 4.04. The second-order valence-corrected chi connectivity index (χ2v) is 5.17. The van der Waals surface area contributed by atoms with Gasteiger partial charge in [0.25, 0.3) is 0 Å². The van der Waals surface area contributed by atoms with E-state index < -0.39 is 11.9 Å². The molecule has 0 aliphatic rings. The summed E-state index contributed by atoms with van der Waals surface area (Å²) in [7, 11) is 0. The van der Waals surface area contributed by atoms with Crippen LogP contribution >= 0.6 is 0 Å². The van der Waals surface area contributed by atoms with Crippen molar-refractivity contribution in [1.82, 2.24) is 0 Å². The number of rotatable bonds is 10. The van der Waals surface area contributed by atoms with E-state index in [0.717, 1.165) is 51.4 Å². The van der Waals surface area contributed by atoms with Crippen molar-refractivity contribution in [2.45, 2.75) is 79.1 Å². The average molecular weight is 391 g/mol. The van der Waals surface area contributed by atoms with Crippen molar-refractivity contribution in [2.75, 3.05) is 0 Å². The summed E-state index contributed by atoms with van der Waals surface area (Å²) in [5.41, 5.74) is 0. The van der Waals surface area contributed by atoms with Crippen LogP contribution in [0.2, 0.25) is 0 Å². The van der Waals surface area contributed by atoms with Crippen LogP contribution in [0, 0.1) is 11.8 Å². The summed E-state index contributed by atoms with van der Waals surface area (Å²) >= 11 is 0. The molecule has 147 valence electrons. The molecule has 0 amide bonds. The van der Waals surface area contributed by atoms with E-state index in [1.165, 1.54) is 0 Å². The summed E-state index contributed by atoms with van der Waals surface area (Å²) < 4.78 is 0. The van der Waals surface area contributed by atoms with Crippen molar-refractivity contribution in [1.29, 1.82) is 0 Å². The molecular formula is C16H35CrO7.